The maximum atomic E-state index is 5.57. The molecule has 1 aromatic carbocycles. The second kappa shape index (κ2) is 6.35. The van der Waals surface area contributed by atoms with Crippen LogP contribution < -0.4 is 5.32 Å². The molecule has 3 nitrogen and oxygen atoms in total. The summed E-state index contributed by atoms with van der Waals surface area (Å²) in [4.78, 5) is 4.28. The Balaban J connectivity index is 2.11. The van der Waals surface area contributed by atoms with Gasteiger partial charge in [-0.2, -0.15) is 0 Å². The van der Waals surface area contributed by atoms with Crippen molar-refractivity contribution in [2.45, 2.75) is 39.3 Å². The first-order chi connectivity index (χ1) is 9.10. The molecule has 0 fully saturated rings. The first kappa shape index (κ1) is 14.3. The molecule has 0 aliphatic carbocycles. The van der Waals surface area contributed by atoms with E-state index in [1.54, 1.807) is 6.20 Å². The summed E-state index contributed by atoms with van der Waals surface area (Å²) in [6.07, 6.45) is 2.77. The third-order valence-electron chi connectivity index (χ3n) is 3.12. The summed E-state index contributed by atoms with van der Waals surface area (Å²) in [5.74, 6) is 1.59. The Morgan fingerprint density at radius 1 is 1.42 bits per heavy atom. The first-order valence-electron chi connectivity index (χ1n) is 6.54. The van der Waals surface area contributed by atoms with Crippen LogP contribution in [-0.2, 0) is 0 Å². The summed E-state index contributed by atoms with van der Waals surface area (Å²) < 4.78 is 6.67. The molecule has 2 rings (SSSR count). The van der Waals surface area contributed by atoms with Crippen LogP contribution in [0.1, 0.15) is 49.6 Å². The van der Waals surface area contributed by atoms with Crippen molar-refractivity contribution in [3.63, 3.8) is 0 Å². The summed E-state index contributed by atoms with van der Waals surface area (Å²) in [5.41, 5.74) is 1.27. The summed E-state index contributed by atoms with van der Waals surface area (Å²) in [5, 5.41) is 3.56. The zero-order valence-corrected chi connectivity index (χ0v) is 13.1. The molecular weight excluding hydrogens is 304 g/mol. The Kier molecular flexibility index (Phi) is 4.77. The van der Waals surface area contributed by atoms with Gasteiger partial charge in [-0.25, -0.2) is 4.98 Å². The van der Waals surface area contributed by atoms with Crippen molar-refractivity contribution in [2.24, 2.45) is 0 Å². The molecule has 1 aromatic heterocycles. The fraction of sp³-hybridized carbons (Fsp3) is 0.400. The van der Waals surface area contributed by atoms with E-state index in [0.717, 1.165) is 22.5 Å². The van der Waals surface area contributed by atoms with Crippen molar-refractivity contribution in [3.8, 4) is 0 Å². The molecule has 0 saturated heterocycles. The normalized spacial score (nSPS) is 14.3. The molecule has 0 radical (unpaired) electrons. The molecule has 0 aliphatic heterocycles. The van der Waals surface area contributed by atoms with E-state index in [-0.39, 0.29) is 6.04 Å². The summed E-state index contributed by atoms with van der Waals surface area (Å²) in [7, 11) is 0. The SMILES string of the molecule is CCC(NC(C)c1ncc(C)o1)c1cccc(Br)c1. The Labute approximate surface area is 122 Å². The molecule has 0 spiro atoms. The third-order valence-corrected chi connectivity index (χ3v) is 3.61. The lowest BCUT2D eigenvalue weighted by Gasteiger charge is -2.21. The Morgan fingerprint density at radius 3 is 2.79 bits per heavy atom. The van der Waals surface area contributed by atoms with Gasteiger partial charge in [0.2, 0.25) is 5.89 Å². The van der Waals surface area contributed by atoms with E-state index in [2.05, 4.69) is 58.3 Å². The molecule has 0 amide bonds. The fourth-order valence-corrected chi connectivity index (χ4v) is 2.54. The molecule has 2 aromatic rings. The zero-order valence-electron chi connectivity index (χ0n) is 11.5. The van der Waals surface area contributed by atoms with Crippen LogP contribution in [0.3, 0.4) is 0 Å². The molecule has 0 saturated carbocycles. The quantitative estimate of drug-likeness (QED) is 0.877. The van der Waals surface area contributed by atoms with Crippen LogP contribution in [0.2, 0.25) is 0 Å². The van der Waals surface area contributed by atoms with E-state index in [4.69, 9.17) is 4.42 Å². The number of aromatic nitrogens is 1. The van der Waals surface area contributed by atoms with Crippen molar-refractivity contribution < 1.29 is 4.42 Å². The lowest BCUT2D eigenvalue weighted by molar-refractivity contribution is 0.367. The van der Waals surface area contributed by atoms with Crippen LogP contribution in [0.15, 0.2) is 39.4 Å². The van der Waals surface area contributed by atoms with Crippen LogP contribution in [-0.4, -0.2) is 4.98 Å². The molecule has 4 heteroatoms. The van der Waals surface area contributed by atoms with E-state index in [0.29, 0.717) is 6.04 Å². The first-order valence-corrected chi connectivity index (χ1v) is 7.33. The van der Waals surface area contributed by atoms with Crippen LogP contribution in [0.4, 0.5) is 0 Å². The van der Waals surface area contributed by atoms with Gasteiger partial charge in [-0.3, -0.25) is 5.32 Å². The summed E-state index contributed by atoms with van der Waals surface area (Å²) in [6.45, 7) is 6.16. The average molecular weight is 323 g/mol. The minimum absolute atomic E-state index is 0.0950. The number of hydrogen-bond acceptors (Lipinski definition) is 3. The van der Waals surface area contributed by atoms with Crippen molar-refractivity contribution in [2.75, 3.05) is 0 Å². The fourth-order valence-electron chi connectivity index (χ4n) is 2.12. The number of oxazole rings is 1. The van der Waals surface area contributed by atoms with E-state index < -0.39 is 0 Å². The van der Waals surface area contributed by atoms with Crippen molar-refractivity contribution in [3.05, 3.63) is 52.1 Å². The van der Waals surface area contributed by atoms with Gasteiger partial charge in [0.05, 0.1) is 12.2 Å². The monoisotopic (exact) mass is 322 g/mol. The highest BCUT2D eigenvalue weighted by molar-refractivity contribution is 9.10. The van der Waals surface area contributed by atoms with Gasteiger partial charge in [0, 0.05) is 10.5 Å². The lowest BCUT2D eigenvalue weighted by atomic mass is 10.0. The number of hydrogen-bond donors (Lipinski definition) is 1. The number of aryl methyl sites for hydroxylation is 1. The maximum Gasteiger partial charge on any atom is 0.211 e. The Morgan fingerprint density at radius 2 is 2.21 bits per heavy atom. The standard InChI is InChI=1S/C15H19BrN2O/c1-4-14(12-6-5-7-13(16)8-12)18-11(3)15-17-9-10(2)19-15/h5-9,11,14,18H,4H2,1-3H3. The average Bonchev–Trinajstić information content (AvgIpc) is 2.82. The second-order valence-corrected chi connectivity index (χ2v) is 5.63. The van der Waals surface area contributed by atoms with Gasteiger partial charge in [0.1, 0.15) is 5.76 Å². The van der Waals surface area contributed by atoms with Crippen molar-refractivity contribution in [1.29, 1.82) is 0 Å². The number of nitrogens with one attached hydrogen (secondary N) is 1. The topological polar surface area (TPSA) is 38.1 Å². The smallest absolute Gasteiger partial charge is 0.211 e. The number of halogens is 1. The molecule has 1 heterocycles. The van der Waals surface area contributed by atoms with Crippen LogP contribution in [0, 0.1) is 6.92 Å². The Hall–Kier alpha value is -1.13. The summed E-state index contributed by atoms with van der Waals surface area (Å²) >= 11 is 3.52. The summed E-state index contributed by atoms with van der Waals surface area (Å²) in [6, 6.07) is 8.77. The molecule has 2 atom stereocenters. The van der Waals surface area contributed by atoms with Gasteiger partial charge < -0.3 is 4.42 Å². The van der Waals surface area contributed by atoms with E-state index in [1.165, 1.54) is 5.56 Å². The van der Waals surface area contributed by atoms with E-state index in [1.807, 2.05) is 13.0 Å². The van der Waals surface area contributed by atoms with Gasteiger partial charge in [-0.05, 0) is 38.0 Å². The highest BCUT2D eigenvalue weighted by atomic mass is 79.9. The van der Waals surface area contributed by atoms with Gasteiger partial charge in [0.25, 0.3) is 0 Å². The van der Waals surface area contributed by atoms with Crippen molar-refractivity contribution in [1.82, 2.24) is 10.3 Å². The molecular formula is C15H19BrN2O. The number of benzene rings is 1. The predicted octanol–water partition coefficient (Wildman–Crippen LogP) is 4.55. The third kappa shape index (κ3) is 3.67. The minimum atomic E-state index is 0.0950. The molecule has 0 aliphatic rings. The molecule has 0 bridgehead atoms. The molecule has 1 N–H and O–H groups in total. The minimum Gasteiger partial charge on any atom is -0.444 e. The highest BCUT2D eigenvalue weighted by Crippen LogP contribution is 2.24. The van der Waals surface area contributed by atoms with Gasteiger partial charge >= 0.3 is 0 Å². The number of nitrogens with zero attached hydrogens (tertiary/aromatic N) is 1. The van der Waals surface area contributed by atoms with Crippen LogP contribution >= 0.6 is 15.9 Å². The molecule has 102 valence electrons. The maximum absolute atomic E-state index is 5.57. The van der Waals surface area contributed by atoms with Crippen LogP contribution in [0.5, 0.6) is 0 Å². The van der Waals surface area contributed by atoms with Gasteiger partial charge in [-0.15, -0.1) is 0 Å². The number of rotatable bonds is 5. The largest absolute Gasteiger partial charge is 0.444 e. The Bertz CT molecular complexity index is 538. The zero-order chi connectivity index (χ0) is 13.8. The van der Waals surface area contributed by atoms with E-state index >= 15 is 0 Å². The van der Waals surface area contributed by atoms with Gasteiger partial charge in [0.15, 0.2) is 0 Å². The molecule has 19 heavy (non-hydrogen) atoms. The van der Waals surface area contributed by atoms with E-state index in [9.17, 15) is 0 Å². The second-order valence-electron chi connectivity index (χ2n) is 4.71. The highest BCUT2D eigenvalue weighted by Gasteiger charge is 2.17. The van der Waals surface area contributed by atoms with Gasteiger partial charge in [-0.1, -0.05) is 35.0 Å². The lowest BCUT2D eigenvalue weighted by Crippen LogP contribution is -2.24. The van der Waals surface area contributed by atoms with Crippen molar-refractivity contribution >= 4 is 15.9 Å². The molecule has 2 unspecified atom stereocenters. The predicted molar refractivity (Wildman–Crippen MR) is 80.0 cm³/mol. The van der Waals surface area contributed by atoms with Crippen LogP contribution in [0.25, 0.3) is 0 Å².